The molecule has 0 fully saturated rings. The van der Waals surface area contributed by atoms with Crippen LogP contribution < -0.4 is 11.1 Å². The molecular weight excluding hydrogens is 273 g/mol. The summed E-state index contributed by atoms with van der Waals surface area (Å²) in [5.41, 5.74) is 5.83. The first-order valence-corrected chi connectivity index (χ1v) is 6.05. The van der Waals surface area contributed by atoms with Gasteiger partial charge in [-0.3, -0.25) is 14.6 Å². The number of nitrogens with two attached hydrogens (primary N) is 1. The molecular formula is C15H12FN3O2. The number of rotatable bonds is 4. The summed E-state index contributed by atoms with van der Waals surface area (Å²) in [6.07, 6.45) is 6.13. The third kappa shape index (κ3) is 3.97. The zero-order valence-electron chi connectivity index (χ0n) is 10.9. The van der Waals surface area contributed by atoms with Gasteiger partial charge in [0.1, 0.15) is 5.82 Å². The molecule has 0 unspecified atom stereocenters. The van der Waals surface area contributed by atoms with Gasteiger partial charge in [-0.2, -0.15) is 0 Å². The quantitative estimate of drug-likeness (QED) is 0.842. The zero-order valence-corrected chi connectivity index (χ0v) is 10.9. The number of primary amides is 1. The van der Waals surface area contributed by atoms with Gasteiger partial charge in [-0.1, -0.05) is 0 Å². The van der Waals surface area contributed by atoms with Gasteiger partial charge in [0.25, 0.3) is 5.91 Å². The van der Waals surface area contributed by atoms with Crippen LogP contribution in [0.5, 0.6) is 0 Å². The Morgan fingerprint density at radius 3 is 2.52 bits per heavy atom. The minimum Gasteiger partial charge on any atom is -0.366 e. The molecule has 0 aliphatic carbocycles. The van der Waals surface area contributed by atoms with Crippen LogP contribution in [0.2, 0.25) is 0 Å². The van der Waals surface area contributed by atoms with E-state index in [0.717, 1.165) is 11.6 Å². The predicted octanol–water partition coefficient (Wildman–Crippen LogP) is 1.97. The molecule has 0 bridgehead atoms. The lowest BCUT2D eigenvalue weighted by atomic mass is 10.2. The fourth-order valence-corrected chi connectivity index (χ4v) is 1.62. The van der Waals surface area contributed by atoms with Gasteiger partial charge in [0.15, 0.2) is 0 Å². The summed E-state index contributed by atoms with van der Waals surface area (Å²) in [7, 11) is 0. The molecule has 2 amide bonds. The van der Waals surface area contributed by atoms with Crippen LogP contribution in [0.25, 0.3) is 6.08 Å². The first-order chi connectivity index (χ1) is 10.1. The Morgan fingerprint density at radius 2 is 1.90 bits per heavy atom. The van der Waals surface area contributed by atoms with Crippen LogP contribution in [0.15, 0.2) is 48.8 Å². The molecule has 21 heavy (non-hydrogen) atoms. The number of aromatic nitrogens is 1. The number of carbonyl (C=O) groups excluding carboxylic acids is 2. The standard InChI is InChI=1S/C15H12FN3O2/c16-13-9-11(2-3-12(13)15(17)21)19-14(20)4-1-10-5-7-18-8-6-10/h1-9H,(H2,17,21)(H,19,20). The van der Waals surface area contributed by atoms with E-state index in [4.69, 9.17) is 5.73 Å². The van der Waals surface area contributed by atoms with Crippen molar-refractivity contribution in [3.8, 4) is 0 Å². The SMILES string of the molecule is NC(=O)c1ccc(NC(=O)C=Cc2ccncc2)cc1F. The number of carbonyl (C=O) groups is 2. The number of benzene rings is 1. The molecule has 0 saturated carbocycles. The number of pyridine rings is 1. The highest BCUT2D eigenvalue weighted by Gasteiger charge is 2.09. The molecule has 3 N–H and O–H groups in total. The summed E-state index contributed by atoms with van der Waals surface area (Å²) in [6, 6.07) is 7.15. The third-order valence-electron chi connectivity index (χ3n) is 2.64. The first-order valence-electron chi connectivity index (χ1n) is 6.05. The number of nitrogens with zero attached hydrogens (tertiary/aromatic N) is 1. The van der Waals surface area contributed by atoms with Crippen molar-refractivity contribution in [3.63, 3.8) is 0 Å². The number of hydrogen-bond acceptors (Lipinski definition) is 3. The Kier molecular flexibility index (Phi) is 4.40. The summed E-state index contributed by atoms with van der Waals surface area (Å²) in [5, 5.41) is 2.49. The Bertz CT molecular complexity index is 699. The topological polar surface area (TPSA) is 85.1 Å². The van der Waals surface area contributed by atoms with Crippen molar-refractivity contribution in [2.75, 3.05) is 5.32 Å². The lowest BCUT2D eigenvalue weighted by Gasteiger charge is -2.04. The molecule has 0 radical (unpaired) electrons. The Hall–Kier alpha value is -3.02. The number of anilines is 1. The number of halogens is 1. The predicted molar refractivity (Wildman–Crippen MR) is 76.8 cm³/mol. The van der Waals surface area contributed by atoms with Crippen molar-refractivity contribution in [1.82, 2.24) is 4.98 Å². The lowest BCUT2D eigenvalue weighted by Crippen LogP contribution is -2.14. The Morgan fingerprint density at radius 1 is 1.19 bits per heavy atom. The Balaban J connectivity index is 2.05. The third-order valence-corrected chi connectivity index (χ3v) is 2.64. The normalized spacial score (nSPS) is 10.5. The van der Waals surface area contributed by atoms with E-state index in [1.54, 1.807) is 30.6 Å². The van der Waals surface area contributed by atoms with E-state index in [1.807, 2.05) is 0 Å². The van der Waals surface area contributed by atoms with E-state index < -0.39 is 17.6 Å². The fourth-order valence-electron chi connectivity index (χ4n) is 1.62. The molecule has 0 aliphatic rings. The van der Waals surface area contributed by atoms with Crippen LogP contribution >= 0.6 is 0 Å². The Labute approximate surface area is 120 Å². The van der Waals surface area contributed by atoms with E-state index in [2.05, 4.69) is 10.3 Å². The monoisotopic (exact) mass is 285 g/mol. The highest BCUT2D eigenvalue weighted by Crippen LogP contribution is 2.14. The van der Waals surface area contributed by atoms with Gasteiger partial charge < -0.3 is 11.1 Å². The molecule has 0 saturated heterocycles. The number of amides is 2. The largest absolute Gasteiger partial charge is 0.366 e. The van der Waals surface area contributed by atoms with Crippen molar-refractivity contribution in [1.29, 1.82) is 0 Å². The van der Waals surface area contributed by atoms with Crippen molar-refractivity contribution >= 4 is 23.6 Å². The lowest BCUT2D eigenvalue weighted by molar-refractivity contribution is -0.111. The smallest absolute Gasteiger partial charge is 0.251 e. The van der Waals surface area contributed by atoms with Crippen LogP contribution in [0.3, 0.4) is 0 Å². The van der Waals surface area contributed by atoms with Crippen molar-refractivity contribution in [2.24, 2.45) is 5.73 Å². The maximum Gasteiger partial charge on any atom is 0.251 e. The van der Waals surface area contributed by atoms with E-state index >= 15 is 0 Å². The van der Waals surface area contributed by atoms with Crippen LogP contribution in [-0.2, 0) is 4.79 Å². The average molecular weight is 285 g/mol. The van der Waals surface area contributed by atoms with Gasteiger partial charge in [-0.05, 0) is 42.0 Å². The minimum absolute atomic E-state index is 0.222. The summed E-state index contributed by atoms with van der Waals surface area (Å²) in [5.74, 6) is -2.06. The summed E-state index contributed by atoms with van der Waals surface area (Å²) < 4.78 is 13.5. The number of hydrogen-bond donors (Lipinski definition) is 2. The van der Waals surface area contributed by atoms with E-state index in [0.29, 0.717) is 0 Å². The van der Waals surface area contributed by atoms with E-state index in [9.17, 15) is 14.0 Å². The van der Waals surface area contributed by atoms with Gasteiger partial charge in [-0.15, -0.1) is 0 Å². The second-order valence-electron chi connectivity index (χ2n) is 4.16. The molecule has 0 atom stereocenters. The molecule has 2 aromatic rings. The minimum atomic E-state index is -0.858. The molecule has 0 spiro atoms. The second kappa shape index (κ2) is 6.42. The van der Waals surface area contributed by atoms with Crippen molar-refractivity contribution < 1.29 is 14.0 Å². The maximum absolute atomic E-state index is 13.5. The maximum atomic E-state index is 13.5. The van der Waals surface area contributed by atoms with E-state index in [1.165, 1.54) is 18.2 Å². The highest BCUT2D eigenvalue weighted by atomic mass is 19.1. The van der Waals surface area contributed by atoms with E-state index in [-0.39, 0.29) is 11.3 Å². The second-order valence-corrected chi connectivity index (χ2v) is 4.16. The molecule has 1 aromatic carbocycles. The van der Waals surface area contributed by atoms with Gasteiger partial charge in [0.05, 0.1) is 5.56 Å². The van der Waals surface area contributed by atoms with Crippen molar-refractivity contribution in [3.05, 3.63) is 65.7 Å². The van der Waals surface area contributed by atoms with Gasteiger partial charge in [0, 0.05) is 24.2 Å². The molecule has 6 heteroatoms. The number of nitrogens with one attached hydrogen (secondary N) is 1. The molecule has 0 aliphatic heterocycles. The zero-order chi connectivity index (χ0) is 15.2. The molecule has 1 aromatic heterocycles. The van der Waals surface area contributed by atoms with Gasteiger partial charge in [0.2, 0.25) is 5.91 Å². The van der Waals surface area contributed by atoms with Crippen LogP contribution in [0.1, 0.15) is 15.9 Å². The fraction of sp³-hybridized carbons (Fsp3) is 0. The summed E-state index contributed by atoms with van der Waals surface area (Å²) >= 11 is 0. The molecule has 5 nitrogen and oxygen atoms in total. The highest BCUT2D eigenvalue weighted by molar-refractivity contribution is 6.02. The summed E-state index contributed by atoms with van der Waals surface area (Å²) in [6.45, 7) is 0. The van der Waals surface area contributed by atoms with Gasteiger partial charge >= 0.3 is 0 Å². The van der Waals surface area contributed by atoms with Crippen LogP contribution in [0.4, 0.5) is 10.1 Å². The van der Waals surface area contributed by atoms with Crippen LogP contribution in [0, 0.1) is 5.82 Å². The molecule has 106 valence electrons. The van der Waals surface area contributed by atoms with Gasteiger partial charge in [-0.25, -0.2) is 4.39 Å². The van der Waals surface area contributed by atoms with Crippen LogP contribution in [-0.4, -0.2) is 16.8 Å². The summed E-state index contributed by atoms with van der Waals surface area (Å²) in [4.78, 5) is 26.4. The molecule has 1 heterocycles. The average Bonchev–Trinajstić information content (AvgIpc) is 2.46. The van der Waals surface area contributed by atoms with Crippen molar-refractivity contribution in [2.45, 2.75) is 0 Å². The first kappa shape index (κ1) is 14.4. The molecule has 2 rings (SSSR count).